The predicted molar refractivity (Wildman–Crippen MR) is 199 cm³/mol. The van der Waals surface area contributed by atoms with Crippen LogP contribution < -0.4 is 5.32 Å². The number of esters is 4. The van der Waals surface area contributed by atoms with Gasteiger partial charge in [0, 0.05) is 32.1 Å². The molecule has 0 unspecified atom stereocenters. The molecule has 0 radical (unpaired) electrons. The molecule has 2 aromatic rings. The molecule has 2 bridgehead atoms. The SMILES string of the molecule is COC(=O)N[C@@H](c1ccccc1)[C@@H](O)C(=O)O[C@H]1C[C@@]2(O)[C@@H](OC(=O)c3ccccc3)[C@@H]3[C@]4(OC(C)=O)CO[C@@H]4C[C@H](O)[C@@]3(C)C(=O)[C@H](OC(C)=O)C(=C1C)C2(C)C. The molecule has 4 N–H and O–H groups in total. The van der Waals surface area contributed by atoms with E-state index in [0.717, 1.165) is 21.0 Å². The number of ketones is 1. The Kier molecular flexibility index (Phi) is 11.4. The largest absolute Gasteiger partial charge is 0.456 e. The molecule has 16 heteroatoms. The van der Waals surface area contributed by atoms with E-state index in [0.29, 0.717) is 5.56 Å². The molecule has 11 atom stereocenters. The standard InChI is InChI=1S/C42H49NO15/c1-21-26(56-37(50)31(47)30(43-38(51)53-7)24-14-10-8-11-15-24)19-42(52)35(57-36(49)25-16-12-9-13-17-25)33-40(6,27(46)18-28-41(33,20-54-28)58-23(3)45)34(48)32(55-22(2)44)29(21)39(42,4)5/h8-17,26-28,30-33,35,46-47,52H,18-20H2,1-7H3,(H,43,51)/t26-,27-,28+,30-,31+,32+,33-,35-,40+,41-,42+/m0/s1. The smallest absolute Gasteiger partial charge is 0.407 e. The second kappa shape index (κ2) is 15.5. The third-order valence-corrected chi connectivity index (χ3v) is 12.6. The minimum Gasteiger partial charge on any atom is -0.456 e. The van der Waals surface area contributed by atoms with Crippen LogP contribution in [0.4, 0.5) is 4.79 Å². The van der Waals surface area contributed by atoms with Crippen LogP contribution in [0.25, 0.3) is 0 Å². The number of rotatable bonds is 9. The first-order valence-corrected chi connectivity index (χ1v) is 18.9. The fourth-order valence-electron chi connectivity index (χ4n) is 9.55. The normalized spacial score (nSPS) is 33.2. The topological polar surface area (TPSA) is 231 Å². The fraction of sp³-hybridized carbons (Fsp3) is 0.524. The van der Waals surface area contributed by atoms with Crippen molar-refractivity contribution in [1.82, 2.24) is 5.32 Å². The van der Waals surface area contributed by atoms with Crippen LogP contribution in [0.5, 0.6) is 0 Å². The number of benzene rings is 2. The quantitative estimate of drug-likeness (QED) is 0.162. The molecule has 3 aliphatic carbocycles. The lowest BCUT2D eigenvalue weighted by atomic mass is 9.44. The Morgan fingerprint density at radius 3 is 2.09 bits per heavy atom. The summed E-state index contributed by atoms with van der Waals surface area (Å²) in [6.07, 6.45) is -11.5. The van der Waals surface area contributed by atoms with Crippen LogP contribution in [0.1, 0.15) is 76.3 Å². The molecule has 58 heavy (non-hydrogen) atoms. The zero-order valence-electron chi connectivity index (χ0n) is 33.3. The summed E-state index contributed by atoms with van der Waals surface area (Å²) < 4.78 is 34.7. The molecule has 312 valence electrons. The molecule has 2 aromatic carbocycles. The summed E-state index contributed by atoms with van der Waals surface area (Å²) in [5, 5.41) is 39.5. The van der Waals surface area contributed by atoms with Crippen molar-refractivity contribution >= 4 is 35.8 Å². The maximum Gasteiger partial charge on any atom is 0.407 e. The van der Waals surface area contributed by atoms with Gasteiger partial charge in [-0.15, -0.1) is 0 Å². The maximum atomic E-state index is 15.4. The van der Waals surface area contributed by atoms with Gasteiger partial charge in [0.15, 0.2) is 23.6 Å². The molecule has 6 rings (SSSR count). The minimum atomic E-state index is -2.39. The summed E-state index contributed by atoms with van der Waals surface area (Å²) in [7, 11) is 1.11. The lowest BCUT2D eigenvalue weighted by Gasteiger charge is -2.67. The Balaban J connectivity index is 1.56. The Morgan fingerprint density at radius 2 is 1.53 bits per heavy atom. The van der Waals surface area contributed by atoms with E-state index in [4.69, 9.17) is 28.4 Å². The van der Waals surface area contributed by atoms with Crippen molar-refractivity contribution in [3.8, 4) is 0 Å². The Hall–Kier alpha value is -5.16. The van der Waals surface area contributed by atoms with Crippen LogP contribution in [0.15, 0.2) is 71.8 Å². The Morgan fingerprint density at radius 1 is 0.914 bits per heavy atom. The van der Waals surface area contributed by atoms with E-state index >= 15 is 4.79 Å². The fourth-order valence-corrected chi connectivity index (χ4v) is 9.55. The van der Waals surface area contributed by atoms with Gasteiger partial charge in [0.1, 0.15) is 23.9 Å². The number of amides is 1. The minimum absolute atomic E-state index is 0.0119. The molecule has 1 saturated heterocycles. The lowest BCUT2D eigenvalue weighted by molar-refractivity contribution is -0.346. The number of fused-ring (bicyclic) bond motifs is 5. The number of carbonyl (C=O) groups is 6. The molecule has 2 saturated carbocycles. The van der Waals surface area contributed by atoms with Gasteiger partial charge in [-0.05, 0) is 42.7 Å². The van der Waals surface area contributed by atoms with Gasteiger partial charge in [0.05, 0.1) is 42.8 Å². The summed E-state index contributed by atoms with van der Waals surface area (Å²) in [6.45, 7) is 7.90. The highest BCUT2D eigenvalue weighted by Gasteiger charge is 2.78. The predicted octanol–water partition coefficient (Wildman–Crippen LogP) is 2.66. The van der Waals surface area contributed by atoms with Crippen LogP contribution >= 0.6 is 0 Å². The number of carbonyl (C=O) groups excluding carboxylic acids is 6. The van der Waals surface area contributed by atoms with Crippen LogP contribution in [-0.4, -0.2) is 113 Å². The molecule has 1 heterocycles. The van der Waals surface area contributed by atoms with Gasteiger partial charge in [0.25, 0.3) is 0 Å². The van der Waals surface area contributed by atoms with Gasteiger partial charge in [-0.25, -0.2) is 14.4 Å². The van der Waals surface area contributed by atoms with Gasteiger partial charge < -0.3 is 49.1 Å². The molecular weight excluding hydrogens is 758 g/mol. The van der Waals surface area contributed by atoms with Crippen molar-refractivity contribution in [3.63, 3.8) is 0 Å². The Bertz CT molecular complexity index is 2000. The van der Waals surface area contributed by atoms with Gasteiger partial charge in [0.2, 0.25) is 0 Å². The number of ether oxygens (including phenoxy) is 6. The van der Waals surface area contributed by atoms with Gasteiger partial charge in [-0.3, -0.25) is 14.4 Å². The number of hydrogen-bond donors (Lipinski definition) is 4. The van der Waals surface area contributed by atoms with E-state index in [1.165, 1.54) is 26.0 Å². The highest BCUT2D eigenvalue weighted by atomic mass is 16.6. The van der Waals surface area contributed by atoms with Crippen molar-refractivity contribution in [3.05, 3.63) is 82.9 Å². The third kappa shape index (κ3) is 6.84. The highest BCUT2D eigenvalue weighted by molar-refractivity contribution is 5.95. The summed E-state index contributed by atoms with van der Waals surface area (Å²) in [5.41, 5.74) is -7.34. The molecule has 1 amide bonds. The molecule has 0 spiro atoms. The lowest BCUT2D eigenvalue weighted by Crippen LogP contribution is -2.82. The number of Topliss-reactive ketones (excluding diaryl/α,β-unsaturated/α-hetero) is 1. The summed E-state index contributed by atoms with van der Waals surface area (Å²) in [5.74, 6) is -6.30. The number of alkyl carbamates (subject to hydrolysis) is 1. The van der Waals surface area contributed by atoms with Gasteiger partial charge in [-0.1, -0.05) is 62.4 Å². The molecule has 1 aliphatic heterocycles. The van der Waals surface area contributed by atoms with Crippen LogP contribution in [0.3, 0.4) is 0 Å². The number of nitrogens with one attached hydrogen (secondary N) is 1. The van der Waals surface area contributed by atoms with E-state index < -0.39 is 113 Å². The number of aliphatic hydroxyl groups excluding tert-OH is 2. The maximum absolute atomic E-state index is 15.4. The molecule has 3 fully saturated rings. The van der Waals surface area contributed by atoms with Crippen molar-refractivity contribution < 1.29 is 72.5 Å². The summed E-state index contributed by atoms with van der Waals surface area (Å²) >= 11 is 0. The average Bonchev–Trinajstić information content (AvgIpc) is 3.18. The average molecular weight is 808 g/mol. The molecule has 0 aromatic heterocycles. The second-order valence-electron chi connectivity index (χ2n) is 16.2. The van der Waals surface area contributed by atoms with Gasteiger partial charge in [-0.2, -0.15) is 0 Å². The van der Waals surface area contributed by atoms with E-state index in [1.807, 2.05) is 0 Å². The van der Waals surface area contributed by atoms with E-state index in [2.05, 4.69) is 5.32 Å². The summed E-state index contributed by atoms with van der Waals surface area (Å²) in [6, 6.07) is 14.5. The summed E-state index contributed by atoms with van der Waals surface area (Å²) in [4.78, 5) is 81.8. The zero-order chi connectivity index (χ0) is 42.5. The molecule has 4 aliphatic rings. The molecular formula is C42H49NO15. The van der Waals surface area contributed by atoms with Crippen LogP contribution in [0.2, 0.25) is 0 Å². The van der Waals surface area contributed by atoms with E-state index in [-0.39, 0.29) is 29.7 Å². The zero-order valence-corrected chi connectivity index (χ0v) is 33.3. The molecule has 16 nitrogen and oxygen atoms in total. The monoisotopic (exact) mass is 807 g/mol. The van der Waals surface area contributed by atoms with Crippen LogP contribution in [0, 0.1) is 16.7 Å². The van der Waals surface area contributed by atoms with Crippen molar-refractivity contribution in [2.24, 2.45) is 16.7 Å². The first-order chi connectivity index (χ1) is 27.2. The third-order valence-electron chi connectivity index (χ3n) is 12.6. The van der Waals surface area contributed by atoms with Crippen molar-refractivity contribution in [1.29, 1.82) is 0 Å². The first-order valence-electron chi connectivity index (χ1n) is 18.9. The van der Waals surface area contributed by atoms with Crippen LogP contribution in [-0.2, 0) is 47.6 Å². The van der Waals surface area contributed by atoms with E-state index in [9.17, 15) is 39.3 Å². The Labute approximate surface area is 334 Å². The highest BCUT2D eigenvalue weighted by Crippen LogP contribution is 2.64. The number of hydrogen-bond acceptors (Lipinski definition) is 15. The van der Waals surface area contributed by atoms with Crippen molar-refractivity contribution in [2.75, 3.05) is 13.7 Å². The van der Waals surface area contributed by atoms with E-state index in [1.54, 1.807) is 62.4 Å². The first kappa shape index (κ1) is 42.4. The van der Waals surface area contributed by atoms with Gasteiger partial charge >= 0.3 is 30.0 Å². The van der Waals surface area contributed by atoms with Crippen molar-refractivity contribution in [2.45, 2.75) is 108 Å². The second-order valence-corrected chi connectivity index (χ2v) is 16.2. The number of aliphatic hydroxyl groups is 3. The number of methoxy groups -OCH3 is 1.